The van der Waals surface area contributed by atoms with Crippen molar-refractivity contribution in [3.05, 3.63) is 0 Å². The van der Waals surface area contributed by atoms with E-state index < -0.39 is 20.2 Å². The Morgan fingerprint density at radius 1 is 0.906 bits per heavy atom. The highest BCUT2D eigenvalue weighted by atomic mass is 28.4. The average molecular weight is 473 g/mol. The minimum absolute atomic E-state index is 0.0720. The maximum atomic E-state index is 10.6. The molecule has 0 aliphatic carbocycles. The summed E-state index contributed by atoms with van der Waals surface area (Å²) in [5, 5.41) is 10.8. The van der Waals surface area contributed by atoms with Gasteiger partial charge in [0.05, 0.1) is 12.7 Å². The quantitative estimate of drug-likeness (QED) is 0.183. The van der Waals surface area contributed by atoms with E-state index in [9.17, 15) is 5.11 Å². The molecule has 0 unspecified atom stereocenters. The Kier molecular flexibility index (Phi) is 13.6. The van der Waals surface area contributed by atoms with Gasteiger partial charge in [0.2, 0.25) is 0 Å². The van der Waals surface area contributed by atoms with Crippen LogP contribution in [0.3, 0.4) is 0 Å². The van der Waals surface area contributed by atoms with E-state index in [2.05, 4.69) is 40.8 Å². The van der Waals surface area contributed by atoms with Crippen LogP contribution >= 0.6 is 0 Å². The summed E-state index contributed by atoms with van der Waals surface area (Å²) in [5.74, 6) is -0.671. The summed E-state index contributed by atoms with van der Waals surface area (Å²) in [5.41, 5.74) is 0. The number of aliphatic hydroxyl groups is 1. The number of aliphatic hydroxyl groups excluding tert-OH is 1. The van der Waals surface area contributed by atoms with Crippen molar-refractivity contribution in [1.82, 2.24) is 0 Å². The fourth-order valence-electron chi connectivity index (χ4n) is 4.18. The Morgan fingerprint density at radius 2 is 1.38 bits per heavy atom. The Morgan fingerprint density at radius 3 is 1.84 bits per heavy atom. The molecule has 5 heteroatoms. The number of rotatable bonds is 16. The van der Waals surface area contributed by atoms with E-state index in [0.717, 1.165) is 12.8 Å². The van der Waals surface area contributed by atoms with Crippen LogP contribution in [-0.4, -0.2) is 44.1 Å². The topological polar surface area (TPSA) is 47.9 Å². The summed E-state index contributed by atoms with van der Waals surface area (Å²) in [7, 11) is -1.96. The van der Waals surface area contributed by atoms with Crippen molar-refractivity contribution in [2.24, 2.45) is 0 Å². The highest BCUT2D eigenvalue weighted by Gasteiger charge is 2.45. The maximum Gasteiger partial charge on any atom is 0.192 e. The smallest absolute Gasteiger partial charge is 0.192 e. The van der Waals surface area contributed by atoms with Crippen molar-refractivity contribution in [1.29, 1.82) is 0 Å². The standard InChI is InChI=1S/C27H56O4Si/c1-9-10-11-12-13-14-15-16-17-18-19-20-21-24(31-32(7,8)26(2,3)4)25-23(28)22-29-27(5,6)30-25/h23-25,28H,9-22H2,1-8H3/t23-,24-,25+/m1/s1. The summed E-state index contributed by atoms with van der Waals surface area (Å²) in [6.45, 7) is 17.8. The lowest BCUT2D eigenvalue weighted by molar-refractivity contribution is -0.317. The van der Waals surface area contributed by atoms with E-state index in [-0.39, 0.29) is 17.2 Å². The van der Waals surface area contributed by atoms with Crippen LogP contribution < -0.4 is 0 Å². The molecule has 0 aromatic heterocycles. The van der Waals surface area contributed by atoms with Gasteiger partial charge in [-0.05, 0) is 38.4 Å². The van der Waals surface area contributed by atoms with Crippen LogP contribution in [0.5, 0.6) is 0 Å². The predicted octanol–water partition coefficient (Wildman–Crippen LogP) is 7.98. The van der Waals surface area contributed by atoms with Crippen molar-refractivity contribution in [2.45, 2.75) is 167 Å². The molecule has 1 aliphatic heterocycles. The number of unbranched alkanes of at least 4 members (excludes halogenated alkanes) is 11. The zero-order chi connectivity index (χ0) is 24.3. The van der Waals surface area contributed by atoms with Crippen molar-refractivity contribution >= 4 is 8.32 Å². The fourth-order valence-corrected chi connectivity index (χ4v) is 5.54. The monoisotopic (exact) mass is 472 g/mol. The first-order valence-electron chi connectivity index (χ1n) is 13.6. The third kappa shape index (κ3) is 11.5. The van der Waals surface area contributed by atoms with Crippen LogP contribution in [0, 0.1) is 0 Å². The molecule has 0 bridgehead atoms. The molecule has 4 nitrogen and oxygen atoms in total. The van der Waals surface area contributed by atoms with Gasteiger partial charge in [-0.15, -0.1) is 0 Å². The van der Waals surface area contributed by atoms with Crippen LogP contribution in [0.15, 0.2) is 0 Å². The number of hydrogen-bond acceptors (Lipinski definition) is 4. The molecule has 1 N–H and O–H groups in total. The molecular weight excluding hydrogens is 416 g/mol. The summed E-state index contributed by atoms with van der Waals surface area (Å²) >= 11 is 0. The van der Waals surface area contributed by atoms with Gasteiger partial charge in [-0.2, -0.15) is 0 Å². The maximum absolute atomic E-state index is 10.6. The van der Waals surface area contributed by atoms with E-state index in [1.54, 1.807) is 0 Å². The molecular formula is C27H56O4Si. The molecule has 0 saturated carbocycles. The second-order valence-electron chi connectivity index (χ2n) is 12.0. The van der Waals surface area contributed by atoms with E-state index >= 15 is 0 Å². The molecule has 0 spiro atoms. The van der Waals surface area contributed by atoms with Gasteiger partial charge < -0.3 is 19.0 Å². The van der Waals surface area contributed by atoms with E-state index in [4.69, 9.17) is 13.9 Å². The van der Waals surface area contributed by atoms with Gasteiger partial charge in [0.15, 0.2) is 14.1 Å². The molecule has 1 heterocycles. The minimum atomic E-state index is -1.96. The van der Waals surface area contributed by atoms with Crippen LogP contribution in [0.2, 0.25) is 18.1 Å². The molecule has 1 rings (SSSR count). The van der Waals surface area contributed by atoms with Crippen LogP contribution in [0.25, 0.3) is 0 Å². The average Bonchev–Trinajstić information content (AvgIpc) is 2.69. The molecule has 0 amide bonds. The van der Waals surface area contributed by atoms with Gasteiger partial charge in [0.25, 0.3) is 0 Å². The highest BCUT2D eigenvalue weighted by molar-refractivity contribution is 6.74. The summed E-state index contributed by atoms with van der Waals surface area (Å²) < 4.78 is 18.6. The van der Waals surface area contributed by atoms with Gasteiger partial charge >= 0.3 is 0 Å². The third-order valence-corrected chi connectivity index (χ3v) is 11.9. The van der Waals surface area contributed by atoms with Gasteiger partial charge in [-0.25, -0.2) is 0 Å². The molecule has 1 saturated heterocycles. The highest BCUT2D eigenvalue weighted by Crippen LogP contribution is 2.39. The van der Waals surface area contributed by atoms with Crippen molar-refractivity contribution in [3.8, 4) is 0 Å². The van der Waals surface area contributed by atoms with Gasteiger partial charge in [-0.3, -0.25) is 0 Å². The second-order valence-corrected chi connectivity index (χ2v) is 16.7. The molecule has 1 aliphatic rings. The Hall–Kier alpha value is 0.0569. The lowest BCUT2D eigenvalue weighted by atomic mass is 9.99. The summed E-state index contributed by atoms with van der Waals surface area (Å²) in [4.78, 5) is 0. The first kappa shape index (κ1) is 30.1. The lowest BCUT2D eigenvalue weighted by Gasteiger charge is -2.46. The summed E-state index contributed by atoms with van der Waals surface area (Å²) in [6.07, 6.45) is 16.1. The van der Waals surface area contributed by atoms with Crippen LogP contribution in [-0.2, 0) is 13.9 Å². The lowest BCUT2D eigenvalue weighted by Crippen LogP contribution is -2.57. The van der Waals surface area contributed by atoms with Gasteiger partial charge in [-0.1, -0.05) is 105 Å². The van der Waals surface area contributed by atoms with E-state index in [1.165, 1.54) is 70.6 Å². The zero-order valence-electron chi connectivity index (χ0n) is 22.8. The first-order chi connectivity index (χ1) is 14.9. The molecule has 192 valence electrons. The van der Waals surface area contributed by atoms with Crippen molar-refractivity contribution in [3.63, 3.8) is 0 Å². The number of ether oxygens (including phenoxy) is 2. The Bertz CT molecular complexity index is 487. The van der Waals surface area contributed by atoms with Crippen LogP contribution in [0.4, 0.5) is 0 Å². The largest absolute Gasteiger partial charge is 0.411 e. The Balaban J connectivity index is 2.43. The molecule has 0 radical (unpaired) electrons. The predicted molar refractivity (Wildman–Crippen MR) is 139 cm³/mol. The fraction of sp³-hybridized carbons (Fsp3) is 1.00. The zero-order valence-corrected chi connectivity index (χ0v) is 23.8. The number of hydrogen-bond donors (Lipinski definition) is 1. The summed E-state index contributed by atoms with van der Waals surface area (Å²) in [6, 6.07) is 0. The second kappa shape index (κ2) is 14.5. The molecule has 0 aromatic rings. The molecule has 32 heavy (non-hydrogen) atoms. The first-order valence-corrected chi connectivity index (χ1v) is 16.5. The third-order valence-electron chi connectivity index (χ3n) is 7.36. The van der Waals surface area contributed by atoms with E-state index in [0.29, 0.717) is 6.61 Å². The molecule has 3 atom stereocenters. The van der Waals surface area contributed by atoms with Crippen molar-refractivity contribution < 1.29 is 19.0 Å². The minimum Gasteiger partial charge on any atom is -0.411 e. The Labute approximate surface area is 201 Å². The van der Waals surface area contributed by atoms with Gasteiger partial charge in [0.1, 0.15) is 12.2 Å². The molecule has 1 fully saturated rings. The van der Waals surface area contributed by atoms with Crippen molar-refractivity contribution in [2.75, 3.05) is 6.61 Å². The van der Waals surface area contributed by atoms with E-state index in [1.807, 2.05) is 13.8 Å². The molecule has 0 aromatic carbocycles. The van der Waals surface area contributed by atoms with Gasteiger partial charge in [0, 0.05) is 0 Å². The van der Waals surface area contributed by atoms with Crippen LogP contribution in [0.1, 0.15) is 125 Å². The SMILES string of the molecule is CCCCCCCCCCCCCC[C@@H](O[Si](C)(C)C(C)(C)C)[C@H]1OC(C)(C)OC[C@H]1O. The normalized spacial score (nSPS) is 22.8.